The van der Waals surface area contributed by atoms with Crippen LogP contribution in [0.15, 0.2) is 18.2 Å². The fraction of sp³-hybridized carbons (Fsp3) is 0.467. The van der Waals surface area contributed by atoms with Crippen LogP contribution in [0.4, 0.5) is 5.69 Å². The zero-order chi connectivity index (χ0) is 14.9. The molecule has 1 aromatic carbocycles. The molecule has 0 saturated carbocycles. The summed E-state index contributed by atoms with van der Waals surface area (Å²) in [6, 6.07) is 4.97. The minimum Gasteiger partial charge on any atom is -0.494 e. The van der Waals surface area contributed by atoms with Crippen LogP contribution in [0.5, 0.6) is 5.75 Å². The minimum absolute atomic E-state index is 0.202. The summed E-state index contributed by atoms with van der Waals surface area (Å²) in [5.41, 5.74) is 0.377. The van der Waals surface area contributed by atoms with Crippen molar-refractivity contribution in [1.29, 1.82) is 0 Å². The van der Waals surface area contributed by atoms with Gasteiger partial charge in [-0.3, -0.25) is 14.5 Å². The van der Waals surface area contributed by atoms with E-state index in [1.54, 1.807) is 32.0 Å². The van der Waals surface area contributed by atoms with Gasteiger partial charge in [0.05, 0.1) is 24.3 Å². The van der Waals surface area contributed by atoms with Crippen LogP contribution in [0, 0.1) is 5.41 Å². The molecule has 108 valence electrons. The molecule has 20 heavy (non-hydrogen) atoms. The van der Waals surface area contributed by atoms with Crippen LogP contribution >= 0.6 is 0 Å². The monoisotopic (exact) mass is 277 g/mol. The van der Waals surface area contributed by atoms with Crippen molar-refractivity contribution in [3.63, 3.8) is 0 Å². The van der Waals surface area contributed by atoms with Crippen LogP contribution in [0.3, 0.4) is 0 Å². The van der Waals surface area contributed by atoms with E-state index in [9.17, 15) is 14.7 Å². The van der Waals surface area contributed by atoms with Crippen molar-refractivity contribution >= 4 is 17.5 Å². The summed E-state index contributed by atoms with van der Waals surface area (Å²) >= 11 is 0. The van der Waals surface area contributed by atoms with Crippen molar-refractivity contribution in [3.8, 4) is 5.75 Å². The Morgan fingerprint density at radius 1 is 1.35 bits per heavy atom. The summed E-state index contributed by atoms with van der Waals surface area (Å²) in [5, 5.41) is 9.38. The highest BCUT2D eigenvalue weighted by Gasteiger charge is 2.45. The number of aliphatic hydroxyl groups excluding tert-OH is 1. The Balaban J connectivity index is 2.39. The number of hydrogen-bond donors (Lipinski definition) is 1. The van der Waals surface area contributed by atoms with Gasteiger partial charge >= 0.3 is 0 Å². The lowest BCUT2D eigenvalue weighted by atomic mass is 9.92. The third kappa shape index (κ3) is 2.41. The lowest BCUT2D eigenvalue weighted by Crippen LogP contribution is -2.33. The predicted octanol–water partition coefficient (Wildman–Crippen LogP) is 1.87. The average Bonchev–Trinajstić information content (AvgIpc) is 2.59. The van der Waals surface area contributed by atoms with Crippen LogP contribution in [0.2, 0.25) is 0 Å². The van der Waals surface area contributed by atoms with Gasteiger partial charge in [-0.15, -0.1) is 0 Å². The summed E-state index contributed by atoms with van der Waals surface area (Å²) < 4.78 is 5.39. The van der Waals surface area contributed by atoms with E-state index in [0.717, 1.165) is 0 Å². The fourth-order valence-corrected chi connectivity index (χ4v) is 2.33. The molecule has 0 atom stereocenters. The summed E-state index contributed by atoms with van der Waals surface area (Å²) in [7, 11) is 0. The molecule has 1 fully saturated rings. The number of rotatable bonds is 4. The summed E-state index contributed by atoms with van der Waals surface area (Å²) in [5.74, 6) is 0.140. The van der Waals surface area contributed by atoms with Crippen LogP contribution < -0.4 is 9.64 Å². The number of carbonyl (C=O) groups excluding carboxylic acids is 2. The first-order valence-electron chi connectivity index (χ1n) is 6.64. The first-order valence-corrected chi connectivity index (χ1v) is 6.64. The van der Waals surface area contributed by atoms with Gasteiger partial charge in [-0.05, 0) is 25.1 Å². The Bertz CT molecular complexity index is 551. The van der Waals surface area contributed by atoms with E-state index in [1.807, 2.05) is 6.92 Å². The minimum atomic E-state index is -0.672. The van der Waals surface area contributed by atoms with Crippen molar-refractivity contribution < 1.29 is 19.4 Å². The van der Waals surface area contributed by atoms with Gasteiger partial charge in [0.1, 0.15) is 5.75 Å². The van der Waals surface area contributed by atoms with Crippen LogP contribution in [-0.4, -0.2) is 23.5 Å². The Morgan fingerprint density at radius 3 is 2.55 bits per heavy atom. The van der Waals surface area contributed by atoms with Gasteiger partial charge in [0, 0.05) is 12.0 Å². The molecule has 0 unspecified atom stereocenters. The Hall–Kier alpha value is -1.88. The number of amides is 2. The molecular formula is C15H19NO4. The van der Waals surface area contributed by atoms with E-state index < -0.39 is 5.41 Å². The molecule has 1 aliphatic heterocycles. The van der Waals surface area contributed by atoms with Crippen LogP contribution in [-0.2, 0) is 16.2 Å². The lowest BCUT2D eigenvalue weighted by molar-refractivity contribution is -0.124. The predicted molar refractivity (Wildman–Crippen MR) is 74.4 cm³/mol. The lowest BCUT2D eigenvalue weighted by Gasteiger charge is -2.19. The van der Waals surface area contributed by atoms with Crippen LogP contribution in [0.25, 0.3) is 0 Å². The highest BCUT2D eigenvalue weighted by molar-refractivity contribution is 6.22. The second-order valence-electron chi connectivity index (χ2n) is 5.48. The third-order valence-electron chi connectivity index (χ3n) is 3.40. The third-order valence-corrected chi connectivity index (χ3v) is 3.40. The maximum absolute atomic E-state index is 12.3. The number of hydrogen-bond acceptors (Lipinski definition) is 4. The quantitative estimate of drug-likeness (QED) is 0.853. The van der Waals surface area contributed by atoms with Gasteiger partial charge in [0.25, 0.3) is 0 Å². The Labute approximate surface area is 118 Å². The van der Waals surface area contributed by atoms with E-state index in [0.29, 0.717) is 23.6 Å². The Morgan fingerprint density at radius 2 is 2.05 bits per heavy atom. The standard InChI is InChI=1S/C15H19NO4/c1-4-20-12-6-5-11(7-10(12)9-17)16-13(18)8-15(2,3)14(16)19/h5-7,17H,4,8-9H2,1-3H3. The smallest absolute Gasteiger partial charge is 0.239 e. The van der Waals surface area contributed by atoms with Gasteiger partial charge in [0.2, 0.25) is 11.8 Å². The van der Waals surface area contributed by atoms with Crippen molar-refractivity contribution in [3.05, 3.63) is 23.8 Å². The molecule has 5 nitrogen and oxygen atoms in total. The number of anilines is 1. The zero-order valence-corrected chi connectivity index (χ0v) is 12.0. The van der Waals surface area contributed by atoms with Gasteiger partial charge in [-0.2, -0.15) is 0 Å². The van der Waals surface area contributed by atoms with Crippen LogP contribution in [0.1, 0.15) is 32.8 Å². The normalized spacial score (nSPS) is 17.7. The molecule has 2 rings (SSSR count). The SMILES string of the molecule is CCOc1ccc(N2C(=O)CC(C)(C)C2=O)cc1CO. The molecule has 0 radical (unpaired) electrons. The molecule has 1 aromatic rings. The molecule has 1 N–H and O–H groups in total. The number of imide groups is 1. The van der Waals surface area contributed by atoms with Gasteiger partial charge in [-0.25, -0.2) is 0 Å². The number of aliphatic hydroxyl groups is 1. The van der Waals surface area contributed by atoms with E-state index >= 15 is 0 Å². The van der Waals surface area contributed by atoms with Crippen molar-refractivity contribution in [2.75, 3.05) is 11.5 Å². The second kappa shape index (κ2) is 5.25. The molecule has 1 heterocycles. The molecule has 1 saturated heterocycles. The highest BCUT2D eigenvalue weighted by Crippen LogP contribution is 2.36. The van der Waals surface area contributed by atoms with Crippen molar-refractivity contribution in [2.24, 2.45) is 5.41 Å². The van der Waals surface area contributed by atoms with E-state index in [-0.39, 0.29) is 24.8 Å². The highest BCUT2D eigenvalue weighted by atomic mass is 16.5. The molecular weight excluding hydrogens is 258 g/mol. The van der Waals surface area contributed by atoms with E-state index in [1.165, 1.54) is 4.90 Å². The average molecular weight is 277 g/mol. The fourth-order valence-electron chi connectivity index (χ4n) is 2.33. The topological polar surface area (TPSA) is 66.8 Å². The molecule has 1 aliphatic rings. The molecule has 0 spiro atoms. The largest absolute Gasteiger partial charge is 0.494 e. The number of carbonyl (C=O) groups is 2. The molecule has 2 amide bonds. The maximum Gasteiger partial charge on any atom is 0.239 e. The summed E-state index contributed by atoms with van der Waals surface area (Å²) in [6.07, 6.45) is 0.202. The van der Waals surface area contributed by atoms with Crippen molar-refractivity contribution in [1.82, 2.24) is 0 Å². The van der Waals surface area contributed by atoms with Gasteiger partial charge < -0.3 is 9.84 Å². The number of ether oxygens (including phenoxy) is 1. The first kappa shape index (κ1) is 14.5. The second-order valence-corrected chi connectivity index (χ2v) is 5.48. The molecule has 0 aromatic heterocycles. The van der Waals surface area contributed by atoms with E-state index in [4.69, 9.17) is 4.74 Å². The molecule has 0 bridgehead atoms. The summed E-state index contributed by atoms with van der Waals surface area (Å²) in [4.78, 5) is 25.5. The number of benzene rings is 1. The maximum atomic E-state index is 12.3. The first-order chi connectivity index (χ1) is 9.40. The number of nitrogens with zero attached hydrogens (tertiary/aromatic N) is 1. The van der Waals surface area contributed by atoms with E-state index in [2.05, 4.69) is 0 Å². The van der Waals surface area contributed by atoms with Gasteiger partial charge in [-0.1, -0.05) is 13.8 Å². The van der Waals surface area contributed by atoms with Gasteiger partial charge in [0.15, 0.2) is 0 Å². The molecule has 5 heteroatoms. The summed E-state index contributed by atoms with van der Waals surface area (Å²) in [6.45, 7) is 5.65. The molecule has 0 aliphatic carbocycles. The van der Waals surface area contributed by atoms with Crippen molar-refractivity contribution in [2.45, 2.75) is 33.8 Å². The Kier molecular flexibility index (Phi) is 3.81. The zero-order valence-electron chi connectivity index (χ0n) is 12.0.